The molecule has 0 unspecified atom stereocenters. The Hall–Kier alpha value is -1.47. The van der Waals surface area contributed by atoms with E-state index >= 15 is 0 Å². The lowest BCUT2D eigenvalue weighted by Crippen LogP contribution is -2.35. The highest BCUT2D eigenvalue weighted by molar-refractivity contribution is 5.80. The van der Waals surface area contributed by atoms with E-state index in [-0.39, 0.29) is 18.1 Å². The number of aryl methyl sites for hydroxylation is 1. The Morgan fingerprint density at radius 2 is 2.24 bits per heavy atom. The van der Waals surface area contributed by atoms with Crippen molar-refractivity contribution >= 4 is 5.91 Å². The van der Waals surface area contributed by atoms with Crippen LogP contribution in [0.4, 0.5) is 0 Å². The second-order valence-corrected chi connectivity index (χ2v) is 5.77. The smallest absolute Gasteiger partial charge is 0.249 e. The fourth-order valence-corrected chi connectivity index (χ4v) is 3.03. The Morgan fingerprint density at radius 3 is 3.05 bits per heavy atom. The number of nitrogens with one attached hydrogen (secondary N) is 1. The molecule has 7 nitrogen and oxygen atoms in total. The van der Waals surface area contributed by atoms with Gasteiger partial charge in [-0.1, -0.05) is 6.42 Å². The largest absolute Gasteiger partial charge is 0.364 e. The highest BCUT2D eigenvalue weighted by atomic mass is 16.5. The molecular weight excluding hydrogens is 270 g/mol. The van der Waals surface area contributed by atoms with Gasteiger partial charge in [0.15, 0.2) is 5.82 Å². The van der Waals surface area contributed by atoms with Gasteiger partial charge in [0, 0.05) is 19.5 Å². The van der Waals surface area contributed by atoms with Crippen LogP contribution in [0.5, 0.6) is 0 Å². The van der Waals surface area contributed by atoms with Gasteiger partial charge in [0.05, 0.1) is 12.6 Å². The second-order valence-electron chi connectivity index (χ2n) is 5.77. The van der Waals surface area contributed by atoms with E-state index in [0.29, 0.717) is 13.1 Å². The van der Waals surface area contributed by atoms with Crippen molar-refractivity contribution in [2.75, 3.05) is 6.54 Å². The summed E-state index contributed by atoms with van der Waals surface area (Å²) in [5.41, 5.74) is 5.56. The molecule has 1 amide bonds. The molecule has 0 saturated carbocycles. The van der Waals surface area contributed by atoms with E-state index in [1.807, 2.05) is 0 Å². The Morgan fingerprint density at radius 1 is 1.33 bits per heavy atom. The first kappa shape index (κ1) is 14.5. The molecule has 0 bridgehead atoms. The maximum absolute atomic E-state index is 12.1. The molecule has 116 valence electrons. The number of rotatable bonds is 4. The fourth-order valence-electron chi connectivity index (χ4n) is 3.03. The Labute approximate surface area is 124 Å². The lowest BCUT2D eigenvalue weighted by molar-refractivity contribution is -0.132. The molecule has 1 aromatic rings. The molecule has 2 atom stereocenters. The van der Waals surface area contributed by atoms with Crippen molar-refractivity contribution in [3.8, 4) is 0 Å². The predicted octanol–water partition coefficient (Wildman–Crippen LogP) is 0.127. The maximum atomic E-state index is 12.1. The standard InChI is InChI=1S/C14H23N5O2/c15-8-10-5-6-11(21-10)14(20)16-9-13-18-17-12-4-2-1-3-7-19(12)13/h10-11H,1-9,15H2,(H,16,20)/t10-,11+/m1/s1. The van der Waals surface area contributed by atoms with E-state index in [1.165, 1.54) is 12.8 Å². The molecule has 2 aliphatic rings. The molecule has 0 spiro atoms. The first-order valence-corrected chi connectivity index (χ1v) is 7.82. The van der Waals surface area contributed by atoms with Gasteiger partial charge in [-0.25, -0.2) is 0 Å². The van der Waals surface area contributed by atoms with Gasteiger partial charge in [-0.2, -0.15) is 0 Å². The van der Waals surface area contributed by atoms with E-state index in [4.69, 9.17) is 10.5 Å². The first-order chi connectivity index (χ1) is 10.3. The number of carbonyl (C=O) groups is 1. The summed E-state index contributed by atoms with van der Waals surface area (Å²) >= 11 is 0. The number of aromatic nitrogens is 3. The number of hydrogen-bond donors (Lipinski definition) is 2. The molecule has 3 N–H and O–H groups in total. The van der Waals surface area contributed by atoms with Gasteiger partial charge >= 0.3 is 0 Å². The summed E-state index contributed by atoms with van der Waals surface area (Å²) < 4.78 is 7.74. The molecule has 7 heteroatoms. The zero-order valence-corrected chi connectivity index (χ0v) is 12.3. The van der Waals surface area contributed by atoms with Crippen LogP contribution in [-0.4, -0.2) is 39.4 Å². The van der Waals surface area contributed by atoms with Crippen molar-refractivity contribution in [1.29, 1.82) is 0 Å². The van der Waals surface area contributed by atoms with Gasteiger partial charge in [-0.05, 0) is 25.7 Å². The van der Waals surface area contributed by atoms with Crippen LogP contribution < -0.4 is 11.1 Å². The average Bonchev–Trinajstić information content (AvgIpc) is 3.06. The van der Waals surface area contributed by atoms with Gasteiger partial charge in [-0.15, -0.1) is 10.2 Å². The van der Waals surface area contributed by atoms with Crippen molar-refractivity contribution in [3.05, 3.63) is 11.6 Å². The number of ether oxygens (including phenoxy) is 1. The maximum Gasteiger partial charge on any atom is 0.249 e. The van der Waals surface area contributed by atoms with Crippen LogP contribution in [0.2, 0.25) is 0 Å². The summed E-state index contributed by atoms with van der Waals surface area (Å²) in [4.78, 5) is 12.1. The third kappa shape index (κ3) is 3.24. The van der Waals surface area contributed by atoms with Crippen molar-refractivity contribution in [2.24, 2.45) is 5.73 Å². The molecule has 0 aromatic carbocycles. The van der Waals surface area contributed by atoms with Crippen molar-refractivity contribution < 1.29 is 9.53 Å². The molecule has 21 heavy (non-hydrogen) atoms. The average molecular weight is 293 g/mol. The quantitative estimate of drug-likeness (QED) is 0.822. The minimum atomic E-state index is -0.370. The molecule has 1 fully saturated rings. The van der Waals surface area contributed by atoms with Crippen molar-refractivity contribution in [1.82, 2.24) is 20.1 Å². The van der Waals surface area contributed by atoms with Crippen molar-refractivity contribution in [3.63, 3.8) is 0 Å². The Kier molecular flexibility index (Phi) is 4.50. The Balaban J connectivity index is 1.56. The second kappa shape index (κ2) is 6.53. The third-order valence-electron chi connectivity index (χ3n) is 4.27. The molecule has 1 saturated heterocycles. The van der Waals surface area contributed by atoms with Gasteiger partial charge in [0.1, 0.15) is 11.9 Å². The van der Waals surface area contributed by atoms with E-state index < -0.39 is 0 Å². The normalized spacial score (nSPS) is 25.4. The molecule has 1 aromatic heterocycles. The Bertz CT molecular complexity index is 502. The monoisotopic (exact) mass is 293 g/mol. The molecule has 2 aliphatic heterocycles. The zero-order valence-electron chi connectivity index (χ0n) is 12.3. The van der Waals surface area contributed by atoms with E-state index in [0.717, 1.165) is 43.9 Å². The summed E-state index contributed by atoms with van der Waals surface area (Å²) in [6, 6.07) is 0. The minimum absolute atomic E-state index is 0.0186. The topological polar surface area (TPSA) is 95.1 Å². The number of nitrogens with zero attached hydrogens (tertiary/aromatic N) is 3. The third-order valence-corrected chi connectivity index (χ3v) is 4.27. The van der Waals surface area contributed by atoms with Crippen LogP contribution in [0, 0.1) is 0 Å². The molecule has 3 heterocycles. The number of amides is 1. The SMILES string of the molecule is NC[C@H]1CC[C@@H](C(=O)NCc2nnc3n2CCCCC3)O1. The summed E-state index contributed by atoms with van der Waals surface area (Å²) in [5, 5.41) is 11.4. The van der Waals surface area contributed by atoms with Crippen LogP contribution in [0.15, 0.2) is 0 Å². The number of hydrogen-bond acceptors (Lipinski definition) is 5. The summed E-state index contributed by atoms with van der Waals surface area (Å²) in [5.74, 6) is 1.81. The first-order valence-electron chi connectivity index (χ1n) is 7.82. The lowest BCUT2D eigenvalue weighted by atomic mass is 10.2. The molecule has 3 rings (SSSR count). The lowest BCUT2D eigenvalue weighted by Gasteiger charge is -2.13. The molecule has 0 radical (unpaired) electrons. The van der Waals surface area contributed by atoms with Crippen LogP contribution >= 0.6 is 0 Å². The minimum Gasteiger partial charge on any atom is -0.364 e. The zero-order chi connectivity index (χ0) is 14.7. The van der Waals surface area contributed by atoms with Gasteiger partial charge in [0.2, 0.25) is 5.91 Å². The highest BCUT2D eigenvalue weighted by Gasteiger charge is 2.29. The van der Waals surface area contributed by atoms with Gasteiger partial charge in [0.25, 0.3) is 0 Å². The van der Waals surface area contributed by atoms with Gasteiger partial charge in [-0.3, -0.25) is 4.79 Å². The summed E-state index contributed by atoms with van der Waals surface area (Å²) in [7, 11) is 0. The van der Waals surface area contributed by atoms with Crippen LogP contribution in [0.1, 0.15) is 43.8 Å². The van der Waals surface area contributed by atoms with E-state index in [9.17, 15) is 4.79 Å². The number of nitrogens with two attached hydrogens (primary N) is 1. The fraction of sp³-hybridized carbons (Fsp3) is 0.786. The summed E-state index contributed by atoms with van der Waals surface area (Å²) in [6.45, 7) is 1.84. The summed E-state index contributed by atoms with van der Waals surface area (Å²) in [6.07, 6.45) is 5.77. The highest BCUT2D eigenvalue weighted by Crippen LogP contribution is 2.19. The van der Waals surface area contributed by atoms with Crippen LogP contribution in [0.3, 0.4) is 0 Å². The van der Waals surface area contributed by atoms with Crippen molar-refractivity contribution in [2.45, 2.75) is 63.8 Å². The van der Waals surface area contributed by atoms with E-state index in [1.54, 1.807) is 0 Å². The number of carbonyl (C=O) groups excluding carboxylic acids is 1. The molecular formula is C14H23N5O2. The van der Waals surface area contributed by atoms with Crippen LogP contribution in [-0.2, 0) is 29.0 Å². The predicted molar refractivity (Wildman–Crippen MR) is 76.4 cm³/mol. The van der Waals surface area contributed by atoms with E-state index in [2.05, 4.69) is 20.1 Å². The number of fused-ring (bicyclic) bond motifs is 1. The van der Waals surface area contributed by atoms with Gasteiger partial charge < -0.3 is 20.4 Å². The molecule has 0 aliphatic carbocycles. The van der Waals surface area contributed by atoms with Crippen LogP contribution in [0.25, 0.3) is 0 Å².